The van der Waals surface area contributed by atoms with Crippen molar-refractivity contribution >= 4 is 23.2 Å². The highest BCUT2D eigenvalue weighted by Crippen LogP contribution is 2.26. The molecule has 0 radical (unpaired) electrons. The minimum absolute atomic E-state index is 0.0445. The minimum Gasteiger partial charge on any atom is -0.359 e. The van der Waals surface area contributed by atoms with Crippen molar-refractivity contribution in [3.05, 3.63) is 65.1 Å². The zero-order chi connectivity index (χ0) is 23.8. The van der Waals surface area contributed by atoms with Gasteiger partial charge in [-0.1, -0.05) is 31.0 Å². The van der Waals surface area contributed by atoms with E-state index in [0.29, 0.717) is 23.5 Å². The highest BCUT2D eigenvalue weighted by Gasteiger charge is 2.20. The predicted octanol–water partition coefficient (Wildman–Crippen LogP) is 4.09. The molecular formula is C24H27N7O2S. The van der Waals surface area contributed by atoms with Crippen molar-refractivity contribution < 1.29 is 9.59 Å². The van der Waals surface area contributed by atoms with Crippen LogP contribution >= 0.6 is 11.3 Å². The SMILES string of the molecule is CNC(=O)CCCCC[C@H](NC(=O)c1cncs1)c1ncc(-c2cccc(-c3ccn[nH]3)c2)[nH]1. The molecule has 0 spiro atoms. The first-order valence-corrected chi connectivity index (χ1v) is 12.1. The second-order valence-electron chi connectivity index (χ2n) is 7.90. The average Bonchev–Trinajstić information content (AvgIpc) is 3.65. The number of carbonyl (C=O) groups is 2. The number of carbonyl (C=O) groups excluding carboxylic acids is 2. The Morgan fingerprint density at radius 3 is 2.68 bits per heavy atom. The number of aromatic nitrogens is 5. The van der Waals surface area contributed by atoms with Gasteiger partial charge in [-0.2, -0.15) is 5.10 Å². The monoisotopic (exact) mass is 477 g/mol. The molecule has 4 rings (SSSR count). The van der Waals surface area contributed by atoms with Crippen molar-refractivity contribution in [3.63, 3.8) is 0 Å². The van der Waals surface area contributed by atoms with Crippen LogP contribution < -0.4 is 10.6 Å². The van der Waals surface area contributed by atoms with Crippen molar-refractivity contribution in [1.82, 2.24) is 35.8 Å². The molecule has 1 aromatic carbocycles. The van der Waals surface area contributed by atoms with E-state index in [1.807, 2.05) is 24.3 Å². The number of hydrogen-bond donors (Lipinski definition) is 4. The maximum Gasteiger partial charge on any atom is 0.263 e. The first-order chi connectivity index (χ1) is 16.6. The van der Waals surface area contributed by atoms with Gasteiger partial charge in [0.2, 0.25) is 5.91 Å². The molecule has 9 nitrogen and oxygen atoms in total. The van der Waals surface area contributed by atoms with Gasteiger partial charge in [0.05, 0.1) is 35.3 Å². The van der Waals surface area contributed by atoms with Crippen LogP contribution in [0.4, 0.5) is 0 Å². The van der Waals surface area contributed by atoms with Crippen LogP contribution in [0.2, 0.25) is 0 Å². The molecule has 0 saturated carbocycles. The fraction of sp³-hybridized carbons (Fsp3) is 0.292. The Morgan fingerprint density at radius 2 is 1.94 bits per heavy atom. The van der Waals surface area contributed by atoms with Crippen molar-refractivity contribution in [2.45, 2.75) is 38.1 Å². The molecule has 2 amide bonds. The highest BCUT2D eigenvalue weighted by molar-refractivity contribution is 7.11. The number of hydrogen-bond acceptors (Lipinski definition) is 6. The number of unbranched alkanes of at least 4 members (excludes halogenated alkanes) is 2. The Balaban J connectivity index is 1.48. The lowest BCUT2D eigenvalue weighted by Crippen LogP contribution is -2.28. The molecule has 176 valence electrons. The van der Waals surface area contributed by atoms with E-state index < -0.39 is 0 Å². The number of nitrogens with zero attached hydrogens (tertiary/aromatic N) is 3. The summed E-state index contributed by atoms with van der Waals surface area (Å²) in [6, 6.07) is 9.73. The highest BCUT2D eigenvalue weighted by atomic mass is 32.1. The van der Waals surface area contributed by atoms with E-state index in [9.17, 15) is 9.59 Å². The van der Waals surface area contributed by atoms with Crippen molar-refractivity contribution in [2.75, 3.05) is 7.05 Å². The summed E-state index contributed by atoms with van der Waals surface area (Å²) in [5.41, 5.74) is 5.46. The van der Waals surface area contributed by atoms with Crippen LogP contribution in [0.5, 0.6) is 0 Å². The largest absolute Gasteiger partial charge is 0.359 e. The zero-order valence-electron chi connectivity index (χ0n) is 18.9. The van der Waals surface area contributed by atoms with Crippen LogP contribution in [0.1, 0.15) is 53.6 Å². The second-order valence-corrected chi connectivity index (χ2v) is 8.78. The van der Waals surface area contributed by atoms with Gasteiger partial charge >= 0.3 is 0 Å². The van der Waals surface area contributed by atoms with Crippen LogP contribution in [0.15, 0.2) is 54.4 Å². The van der Waals surface area contributed by atoms with E-state index in [1.165, 1.54) is 11.3 Å². The number of rotatable bonds is 11. The number of aromatic amines is 2. The Bertz CT molecular complexity index is 1200. The third-order valence-electron chi connectivity index (χ3n) is 5.55. The van der Waals surface area contributed by atoms with Gasteiger partial charge in [0, 0.05) is 30.8 Å². The van der Waals surface area contributed by atoms with Gasteiger partial charge in [-0.15, -0.1) is 11.3 Å². The maximum absolute atomic E-state index is 12.7. The van der Waals surface area contributed by atoms with Gasteiger partial charge in [0.25, 0.3) is 5.91 Å². The van der Waals surface area contributed by atoms with Gasteiger partial charge < -0.3 is 15.6 Å². The average molecular weight is 478 g/mol. The molecule has 34 heavy (non-hydrogen) atoms. The van der Waals surface area contributed by atoms with Gasteiger partial charge in [-0.25, -0.2) is 4.98 Å². The number of H-pyrrole nitrogens is 2. The lowest BCUT2D eigenvalue weighted by molar-refractivity contribution is -0.120. The van der Waals surface area contributed by atoms with Gasteiger partial charge in [0.1, 0.15) is 10.7 Å². The van der Waals surface area contributed by atoms with Crippen LogP contribution in [-0.4, -0.2) is 44.0 Å². The quantitative estimate of drug-likeness (QED) is 0.242. The second kappa shape index (κ2) is 11.4. The first-order valence-electron chi connectivity index (χ1n) is 11.2. The third kappa shape index (κ3) is 5.96. The number of nitrogens with one attached hydrogen (secondary N) is 4. The molecular weight excluding hydrogens is 450 g/mol. The Morgan fingerprint density at radius 1 is 1.09 bits per heavy atom. The van der Waals surface area contributed by atoms with Crippen LogP contribution in [0.25, 0.3) is 22.5 Å². The van der Waals surface area contributed by atoms with Gasteiger partial charge in [-0.05, 0) is 25.0 Å². The number of imidazole rings is 1. The topological polar surface area (TPSA) is 128 Å². The lowest BCUT2D eigenvalue weighted by Gasteiger charge is -2.16. The summed E-state index contributed by atoms with van der Waals surface area (Å²) in [6.07, 6.45) is 8.84. The first kappa shape index (κ1) is 23.4. The molecule has 4 N–H and O–H groups in total. The summed E-state index contributed by atoms with van der Waals surface area (Å²) in [6.45, 7) is 0. The molecule has 3 aromatic heterocycles. The van der Waals surface area contributed by atoms with Crippen molar-refractivity contribution in [1.29, 1.82) is 0 Å². The molecule has 3 heterocycles. The van der Waals surface area contributed by atoms with Crippen molar-refractivity contribution in [3.8, 4) is 22.5 Å². The van der Waals surface area contributed by atoms with Crippen LogP contribution in [0.3, 0.4) is 0 Å². The van der Waals surface area contributed by atoms with Crippen LogP contribution in [0, 0.1) is 0 Å². The van der Waals surface area contributed by atoms with Gasteiger partial charge in [-0.3, -0.25) is 19.7 Å². The maximum atomic E-state index is 12.7. The number of thiazole rings is 1. The predicted molar refractivity (Wildman–Crippen MR) is 131 cm³/mol. The van der Waals surface area contributed by atoms with E-state index in [4.69, 9.17) is 0 Å². The molecule has 1 atom stereocenters. The molecule has 0 aliphatic carbocycles. The summed E-state index contributed by atoms with van der Waals surface area (Å²) >= 11 is 1.30. The molecule has 10 heteroatoms. The standard InChI is InChI=1S/C24H27N7O2S/c1-25-22(32)9-4-2-3-8-19(30-24(33)21-14-26-15-34-21)23-27-13-20(29-23)17-7-5-6-16(12-17)18-10-11-28-31-18/h5-7,10-15,19H,2-4,8-9H2,1H3,(H,25,32)(H,27,29)(H,28,31)(H,30,33)/t19-/m0/s1. The Labute approximate surface area is 201 Å². The Kier molecular flexibility index (Phi) is 7.82. The van der Waals surface area contributed by atoms with Crippen molar-refractivity contribution in [2.24, 2.45) is 0 Å². The molecule has 4 aromatic rings. The van der Waals surface area contributed by atoms with E-state index in [-0.39, 0.29) is 17.9 Å². The molecule has 0 aliphatic heterocycles. The summed E-state index contributed by atoms with van der Waals surface area (Å²) in [7, 11) is 1.65. The molecule has 0 unspecified atom stereocenters. The van der Waals surface area contributed by atoms with E-state index in [1.54, 1.807) is 31.1 Å². The number of amides is 2. The zero-order valence-corrected chi connectivity index (χ0v) is 19.7. The smallest absolute Gasteiger partial charge is 0.263 e. The van der Waals surface area contributed by atoms with E-state index in [2.05, 4.69) is 41.8 Å². The molecule has 0 fully saturated rings. The van der Waals surface area contributed by atoms with E-state index >= 15 is 0 Å². The third-order valence-corrected chi connectivity index (χ3v) is 6.32. The fourth-order valence-electron chi connectivity index (χ4n) is 3.70. The fourth-order valence-corrected chi connectivity index (χ4v) is 4.22. The van der Waals surface area contributed by atoms with Crippen LogP contribution in [-0.2, 0) is 4.79 Å². The summed E-state index contributed by atoms with van der Waals surface area (Å²) in [5.74, 6) is 0.575. The number of benzene rings is 1. The van der Waals surface area contributed by atoms with E-state index in [0.717, 1.165) is 41.8 Å². The normalized spacial score (nSPS) is 11.8. The summed E-state index contributed by atoms with van der Waals surface area (Å²) < 4.78 is 0. The Hall–Kier alpha value is -3.79. The summed E-state index contributed by atoms with van der Waals surface area (Å²) in [4.78, 5) is 36.7. The van der Waals surface area contributed by atoms with Gasteiger partial charge in [0.15, 0.2) is 0 Å². The molecule has 0 aliphatic rings. The lowest BCUT2D eigenvalue weighted by atomic mass is 10.1. The minimum atomic E-state index is -0.279. The summed E-state index contributed by atoms with van der Waals surface area (Å²) in [5, 5.41) is 12.7. The molecule has 0 bridgehead atoms. The molecule has 0 saturated heterocycles.